The molecule has 0 atom stereocenters. The Labute approximate surface area is 113 Å². The number of aliphatic hydroxyl groups excluding tert-OH is 2. The molecular weight excluding hydrogens is 268 g/mol. The molecule has 7 heteroatoms. The van der Waals surface area contributed by atoms with Crippen molar-refractivity contribution in [2.75, 3.05) is 32.0 Å². The zero-order valence-corrected chi connectivity index (χ0v) is 11.9. The van der Waals surface area contributed by atoms with Gasteiger partial charge >= 0.3 is 0 Å². The second kappa shape index (κ2) is 6.33. The lowest BCUT2D eigenvalue weighted by molar-refractivity contribution is 0.217. The van der Waals surface area contributed by atoms with Gasteiger partial charge in [0.15, 0.2) is 0 Å². The molecule has 0 heterocycles. The second-order valence-corrected chi connectivity index (χ2v) is 6.23. The summed E-state index contributed by atoms with van der Waals surface area (Å²) in [5.41, 5.74) is 7.42. The van der Waals surface area contributed by atoms with Gasteiger partial charge in [-0.2, -0.15) is 4.31 Å². The van der Waals surface area contributed by atoms with E-state index in [-0.39, 0.29) is 31.2 Å². The monoisotopic (exact) mass is 288 g/mol. The Balaban J connectivity index is 3.32. The lowest BCUT2D eigenvalue weighted by atomic mass is 10.1. The summed E-state index contributed by atoms with van der Waals surface area (Å²) in [6.45, 7) is 2.67. The molecule has 1 rings (SSSR count). The summed E-state index contributed by atoms with van der Waals surface area (Å²) in [6, 6.07) is 3.25. The van der Waals surface area contributed by atoms with Crippen molar-refractivity contribution in [1.29, 1.82) is 0 Å². The molecule has 0 fully saturated rings. The van der Waals surface area contributed by atoms with E-state index >= 15 is 0 Å². The van der Waals surface area contributed by atoms with Gasteiger partial charge in [0.05, 0.1) is 18.1 Å². The minimum absolute atomic E-state index is 0.0593. The molecular formula is C12H20N2O4S. The van der Waals surface area contributed by atoms with Crippen LogP contribution in [0.3, 0.4) is 0 Å². The van der Waals surface area contributed by atoms with E-state index in [0.29, 0.717) is 11.3 Å². The molecule has 0 saturated heterocycles. The first-order valence-electron chi connectivity index (χ1n) is 5.93. The van der Waals surface area contributed by atoms with Crippen molar-refractivity contribution >= 4 is 15.7 Å². The minimum atomic E-state index is -3.77. The van der Waals surface area contributed by atoms with Crippen molar-refractivity contribution in [2.45, 2.75) is 18.7 Å². The summed E-state index contributed by atoms with van der Waals surface area (Å²) >= 11 is 0. The fourth-order valence-electron chi connectivity index (χ4n) is 1.83. The molecule has 1 aromatic rings. The van der Waals surface area contributed by atoms with E-state index in [1.165, 1.54) is 0 Å². The number of anilines is 1. The Hall–Kier alpha value is -1.15. The Morgan fingerprint density at radius 1 is 1.16 bits per heavy atom. The van der Waals surface area contributed by atoms with Crippen LogP contribution in [0.4, 0.5) is 5.69 Å². The van der Waals surface area contributed by atoms with Gasteiger partial charge in [-0.05, 0) is 37.1 Å². The normalized spacial score (nSPS) is 12.1. The van der Waals surface area contributed by atoms with Crippen LogP contribution >= 0.6 is 0 Å². The van der Waals surface area contributed by atoms with Gasteiger partial charge < -0.3 is 15.9 Å². The largest absolute Gasteiger partial charge is 0.398 e. The van der Waals surface area contributed by atoms with Crippen LogP contribution < -0.4 is 5.73 Å². The molecule has 6 nitrogen and oxygen atoms in total. The summed E-state index contributed by atoms with van der Waals surface area (Å²) in [7, 11) is -3.77. The summed E-state index contributed by atoms with van der Waals surface area (Å²) in [6.07, 6.45) is 0. The van der Waals surface area contributed by atoms with Crippen LogP contribution in [-0.2, 0) is 10.0 Å². The molecule has 4 N–H and O–H groups in total. The number of hydrogen-bond acceptors (Lipinski definition) is 5. The Morgan fingerprint density at radius 3 is 2.16 bits per heavy atom. The van der Waals surface area contributed by atoms with Crippen molar-refractivity contribution in [3.05, 3.63) is 23.3 Å². The van der Waals surface area contributed by atoms with Crippen molar-refractivity contribution < 1.29 is 18.6 Å². The van der Waals surface area contributed by atoms with Gasteiger partial charge in [-0.15, -0.1) is 0 Å². The molecule has 0 radical (unpaired) electrons. The van der Waals surface area contributed by atoms with Crippen LogP contribution in [0.5, 0.6) is 0 Å². The van der Waals surface area contributed by atoms with Crippen LogP contribution in [0, 0.1) is 13.8 Å². The van der Waals surface area contributed by atoms with Crippen LogP contribution in [-0.4, -0.2) is 49.2 Å². The van der Waals surface area contributed by atoms with Gasteiger partial charge in [0, 0.05) is 18.8 Å². The zero-order valence-electron chi connectivity index (χ0n) is 11.1. The van der Waals surface area contributed by atoms with E-state index < -0.39 is 10.0 Å². The molecule has 0 spiro atoms. The van der Waals surface area contributed by atoms with E-state index in [1.54, 1.807) is 26.0 Å². The number of nitrogen functional groups attached to an aromatic ring is 1. The number of aliphatic hydroxyl groups is 2. The second-order valence-electron chi connectivity index (χ2n) is 4.33. The molecule has 108 valence electrons. The lowest BCUT2D eigenvalue weighted by Crippen LogP contribution is -2.36. The molecule has 0 unspecified atom stereocenters. The van der Waals surface area contributed by atoms with Gasteiger partial charge in [-0.25, -0.2) is 8.42 Å². The number of rotatable bonds is 6. The maximum Gasteiger partial charge on any atom is 0.243 e. The van der Waals surface area contributed by atoms with Gasteiger partial charge in [0.1, 0.15) is 0 Å². The van der Waals surface area contributed by atoms with Crippen molar-refractivity contribution in [3.8, 4) is 0 Å². The maximum absolute atomic E-state index is 12.5. The summed E-state index contributed by atoms with van der Waals surface area (Å²) in [5, 5.41) is 17.9. The number of nitrogens with zero attached hydrogens (tertiary/aromatic N) is 1. The highest BCUT2D eigenvalue weighted by atomic mass is 32.2. The number of aryl methyl sites for hydroxylation is 1. The molecule has 0 bridgehead atoms. The van der Waals surface area contributed by atoms with E-state index in [9.17, 15) is 8.42 Å². The van der Waals surface area contributed by atoms with E-state index in [2.05, 4.69) is 0 Å². The number of nitrogens with two attached hydrogens (primary N) is 1. The molecule has 0 amide bonds. The fraction of sp³-hybridized carbons (Fsp3) is 0.500. The van der Waals surface area contributed by atoms with Gasteiger partial charge in [-0.3, -0.25) is 0 Å². The minimum Gasteiger partial charge on any atom is -0.398 e. The molecule has 0 aliphatic rings. The van der Waals surface area contributed by atoms with Crippen molar-refractivity contribution in [1.82, 2.24) is 4.31 Å². The SMILES string of the molecule is Cc1cc(N)c(C)c(S(=O)(=O)N(CCO)CCO)c1. The predicted octanol–water partition coefficient (Wildman–Crippen LogP) is -0.139. The average Bonchev–Trinajstić information content (AvgIpc) is 2.33. The predicted molar refractivity (Wildman–Crippen MR) is 73.3 cm³/mol. The Kier molecular flexibility index (Phi) is 5.30. The third kappa shape index (κ3) is 3.44. The zero-order chi connectivity index (χ0) is 14.6. The quantitative estimate of drug-likeness (QED) is 0.632. The number of hydrogen-bond donors (Lipinski definition) is 3. The van der Waals surface area contributed by atoms with Gasteiger partial charge in [-0.1, -0.05) is 0 Å². The van der Waals surface area contributed by atoms with Crippen LogP contribution in [0.1, 0.15) is 11.1 Å². The highest BCUT2D eigenvalue weighted by Crippen LogP contribution is 2.25. The summed E-state index contributed by atoms with van der Waals surface area (Å²) in [4.78, 5) is 0.118. The summed E-state index contributed by atoms with van der Waals surface area (Å²) in [5.74, 6) is 0. The first kappa shape index (κ1) is 15.9. The average molecular weight is 288 g/mol. The third-order valence-corrected chi connectivity index (χ3v) is 4.89. The smallest absolute Gasteiger partial charge is 0.243 e. The van der Waals surface area contributed by atoms with Gasteiger partial charge in [0.2, 0.25) is 10.0 Å². The Bertz CT molecular complexity index is 537. The van der Waals surface area contributed by atoms with E-state index in [1.807, 2.05) is 0 Å². The van der Waals surface area contributed by atoms with Crippen LogP contribution in [0.2, 0.25) is 0 Å². The third-order valence-electron chi connectivity index (χ3n) is 2.86. The highest BCUT2D eigenvalue weighted by Gasteiger charge is 2.26. The molecule has 0 aromatic heterocycles. The van der Waals surface area contributed by atoms with Gasteiger partial charge in [0.25, 0.3) is 0 Å². The molecule has 1 aromatic carbocycles. The summed E-state index contributed by atoms with van der Waals surface area (Å²) < 4.78 is 26.0. The number of benzene rings is 1. The van der Waals surface area contributed by atoms with Crippen LogP contribution in [0.25, 0.3) is 0 Å². The standard InChI is InChI=1S/C12H20N2O4S/c1-9-7-11(13)10(2)12(8-9)19(17,18)14(3-5-15)4-6-16/h7-8,15-16H,3-6,13H2,1-2H3. The maximum atomic E-state index is 12.5. The van der Waals surface area contributed by atoms with E-state index in [4.69, 9.17) is 15.9 Å². The molecule has 0 aliphatic heterocycles. The lowest BCUT2D eigenvalue weighted by Gasteiger charge is -2.22. The Morgan fingerprint density at radius 2 is 1.68 bits per heavy atom. The molecule has 0 aliphatic carbocycles. The molecule has 0 saturated carbocycles. The topological polar surface area (TPSA) is 104 Å². The van der Waals surface area contributed by atoms with Crippen molar-refractivity contribution in [3.63, 3.8) is 0 Å². The first-order valence-corrected chi connectivity index (χ1v) is 7.37. The van der Waals surface area contributed by atoms with E-state index in [0.717, 1.165) is 9.87 Å². The van der Waals surface area contributed by atoms with Crippen LogP contribution in [0.15, 0.2) is 17.0 Å². The fourth-order valence-corrected chi connectivity index (χ4v) is 3.60. The highest BCUT2D eigenvalue weighted by molar-refractivity contribution is 7.89. The first-order chi connectivity index (χ1) is 8.84. The number of sulfonamides is 1. The molecule has 19 heavy (non-hydrogen) atoms. The van der Waals surface area contributed by atoms with Crippen molar-refractivity contribution in [2.24, 2.45) is 0 Å².